The van der Waals surface area contributed by atoms with Gasteiger partial charge in [0.1, 0.15) is 12.4 Å². The van der Waals surface area contributed by atoms with Crippen molar-refractivity contribution in [3.05, 3.63) is 58.8 Å². The van der Waals surface area contributed by atoms with Crippen LogP contribution in [-0.2, 0) is 73.3 Å². The van der Waals surface area contributed by atoms with Crippen LogP contribution in [0.15, 0.2) is 42.1 Å². The zero-order valence-corrected chi connectivity index (χ0v) is 42.3. The van der Waals surface area contributed by atoms with Crippen LogP contribution in [-0.4, -0.2) is 178 Å². The number of hydrogen-bond donors (Lipinski definition) is 5. The van der Waals surface area contributed by atoms with Crippen LogP contribution in [0.25, 0.3) is 0 Å². The van der Waals surface area contributed by atoms with Crippen LogP contribution < -0.4 is 29.8 Å². The van der Waals surface area contributed by atoms with Crippen molar-refractivity contribution in [2.45, 2.75) is 103 Å². The number of carboxylic acids is 1. The molecule has 3 aliphatic heterocycles. The lowest BCUT2D eigenvalue weighted by molar-refractivity contribution is -0.282. The van der Waals surface area contributed by atoms with Crippen LogP contribution in [0.1, 0.15) is 73.2 Å². The summed E-state index contributed by atoms with van der Waals surface area (Å²) in [5.41, 5.74) is 0.447. The second-order valence-corrected chi connectivity index (χ2v) is 16.9. The van der Waals surface area contributed by atoms with E-state index in [4.69, 9.17) is 62.0 Å². The number of carbonyl (C=O) groups is 8. The fourth-order valence-electron chi connectivity index (χ4n) is 7.93. The van der Waals surface area contributed by atoms with E-state index in [1.165, 1.54) is 49.2 Å². The molecule has 2 aromatic rings. The number of benzene rings is 2. The van der Waals surface area contributed by atoms with Gasteiger partial charge < -0.3 is 82.4 Å². The maximum atomic E-state index is 14.4. The Kier molecular flexibility index (Phi) is 22.0. The van der Waals surface area contributed by atoms with E-state index < -0.39 is 104 Å². The summed E-state index contributed by atoms with van der Waals surface area (Å²) in [6, 6.07) is 5.58. The fourth-order valence-corrected chi connectivity index (χ4v) is 7.93. The van der Waals surface area contributed by atoms with Gasteiger partial charge in [-0.3, -0.25) is 28.8 Å². The number of amides is 3. The summed E-state index contributed by atoms with van der Waals surface area (Å²) in [6.07, 6.45) is -10.1. The first-order valence-corrected chi connectivity index (χ1v) is 23.5. The van der Waals surface area contributed by atoms with E-state index in [9.17, 15) is 48.5 Å². The zero-order chi connectivity index (χ0) is 54.9. The molecule has 0 saturated carbocycles. The van der Waals surface area contributed by atoms with Gasteiger partial charge in [0.25, 0.3) is 11.8 Å². The second-order valence-electron chi connectivity index (χ2n) is 16.9. The van der Waals surface area contributed by atoms with Gasteiger partial charge in [-0.05, 0) is 50.4 Å². The van der Waals surface area contributed by atoms with Crippen LogP contribution in [0.5, 0.6) is 17.2 Å². The molecule has 5 rings (SSSR count). The molecule has 0 bridgehead atoms. The molecule has 27 nitrogen and oxygen atoms in total. The molecule has 1 saturated heterocycles. The summed E-state index contributed by atoms with van der Waals surface area (Å²) in [5.74, 6) is -6.52. The number of carboxylic acid groups (broad SMARTS) is 1. The van der Waals surface area contributed by atoms with Gasteiger partial charge >= 0.3 is 43.0 Å². The highest BCUT2D eigenvalue weighted by Gasteiger charge is 2.56. The number of aliphatic hydroxyl groups is 1. The molecule has 1 unspecified atom stereocenters. The van der Waals surface area contributed by atoms with Gasteiger partial charge in [-0.15, -0.1) is 0 Å². The largest absolute Gasteiger partial charge is 0.493 e. The molecular weight excluding hydrogens is 999 g/mol. The minimum Gasteiger partial charge on any atom is -0.493 e. The molecule has 0 radical (unpaired) electrons. The highest BCUT2D eigenvalue weighted by Crippen LogP contribution is 2.42. The van der Waals surface area contributed by atoms with E-state index in [0.29, 0.717) is 0 Å². The lowest BCUT2D eigenvalue weighted by Crippen LogP contribution is -2.64. The SMILES string of the molecule is COC(=O)[C@H]1O[C@@H](Oc2ccc(COC(=O)N3c4cc(OCCCC(=O)O)c(OC)cc4C(=O)N4C=C(C)C[C@H]4C3O)cc2C(=O)NCCOCCOCCONB(C)O)[C@H](OC(C)=O)[C@@H](OC(C)=O)[C@@H]1OC(C)=O. The summed E-state index contributed by atoms with van der Waals surface area (Å²) in [6.45, 7) is 6.15. The Morgan fingerprint density at radius 1 is 0.840 bits per heavy atom. The van der Waals surface area contributed by atoms with Gasteiger partial charge in [0.15, 0.2) is 36.0 Å². The number of ether oxygens (including phenoxy) is 11. The molecule has 1 fully saturated rings. The van der Waals surface area contributed by atoms with Crippen LogP contribution >= 0.6 is 0 Å². The molecule has 0 aliphatic carbocycles. The molecule has 3 amide bonds. The fraction of sp³-hybridized carbons (Fsp3) is 0.532. The van der Waals surface area contributed by atoms with Gasteiger partial charge in [-0.2, -0.15) is 0 Å². The number of carbonyl (C=O) groups excluding carboxylic acids is 7. The monoisotopic (exact) mass is 1060 g/mol. The van der Waals surface area contributed by atoms with Crippen molar-refractivity contribution in [1.82, 2.24) is 15.6 Å². The number of fused-ring (bicyclic) bond motifs is 2. The predicted molar refractivity (Wildman–Crippen MR) is 254 cm³/mol. The van der Waals surface area contributed by atoms with E-state index >= 15 is 0 Å². The zero-order valence-electron chi connectivity index (χ0n) is 42.3. The van der Waals surface area contributed by atoms with Gasteiger partial charge in [-0.1, -0.05) is 11.6 Å². The quantitative estimate of drug-likeness (QED) is 0.0288. The standard InChI is InChI=1S/C47H61BN4O23/c1-25-19-33-44(60)52(32-22-36(68-13-8-9-37(56)57)35(64-6)21-30(32)43(59)51(33)23-25)47(62)69-24-29-10-11-34(31(20-29)42(58)49-12-14-66-15-16-67-17-18-70-50-48(5)63)74-46-41(73-28(4)55)39(72-27(3)54)38(71-26(2)53)40(75-46)45(61)65-7/h10-11,20-23,33,38-41,44,46,50,60,63H,8-9,12-19,24H2,1-7H3,(H,49,58)(H,56,57)/t33-,38-,39-,40-,41+,44?,46+/m0/s1. The third-order valence-corrected chi connectivity index (χ3v) is 11.1. The molecule has 2 aromatic carbocycles. The van der Waals surface area contributed by atoms with Crippen molar-refractivity contribution >= 4 is 60.5 Å². The topological polar surface area (TPSA) is 339 Å². The summed E-state index contributed by atoms with van der Waals surface area (Å²) in [5, 5.41) is 35.2. The van der Waals surface area contributed by atoms with Crippen molar-refractivity contribution in [2.75, 3.05) is 65.3 Å². The molecule has 75 heavy (non-hydrogen) atoms. The minimum atomic E-state index is -1.87. The first-order valence-electron chi connectivity index (χ1n) is 23.5. The number of esters is 4. The van der Waals surface area contributed by atoms with Crippen LogP contribution in [0.4, 0.5) is 10.5 Å². The van der Waals surface area contributed by atoms with Crippen molar-refractivity contribution in [3.8, 4) is 17.2 Å². The van der Waals surface area contributed by atoms with E-state index in [0.717, 1.165) is 38.4 Å². The lowest BCUT2D eigenvalue weighted by Gasteiger charge is -2.43. The smallest absolute Gasteiger partial charge is 0.416 e. The molecule has 0 aromatic heterocycles. The third-order valence-electron chi connectivity index (χ3n) is 11.1. The Bertz CT molecular complexity index is 2420. The van der Waals surface area contributed by atoms with Crippen molar-refractivity contribution in [3.63, 3.8) is 0 Å². The summed E-state index contributed by atoms with van der Waals surface area (Å²) >= 11 is 0. The molecule has 410 valence electrons. The van der Waals surface area contributed by atoms with Crippen LogP contribution in [0.2, 0.25) is 6.82 Å². The number of nitrogens with zero attached hydrogens (tertiary/aromatic N) is 2. The Hall–Kier alpha value is -7.08. The summed E-state index contributed by atoms with van der Waals surface area (Å²) < 4.78 is 61.4. The number of nitrogens with one attached hydrogen (secondary N) is 2. The van der Waals surface area contributed by atoms with E-state index in [1.54, 1.807) is 13.1 Å². The Balaban J connectivity index is 1.45. The van der Waals surface area contributed by atoms with Gasteiger partial charge in [0.2, 0.25) is 12.4 Å². The molecule has 3 aliphatic rings. The second kappa shape index (κ2) is 28.0. The number of anilines is 1. The van der Waals surface area contributed by atoms with Gasteiger partial charge in [0, 0.05) is 46.0 Å². The van der Waals surface area contributed by atoms with E-state index in [1.807, 2.05) is 0 Å². The number of aliphatic carboxylic acids is 1. The highest BCUT2D eigenvalue weighted by atomic mass is 16.7. The molecule has 7 atom stereocenters. The molecule has 28 heteroatoms. The molecule has 0 spiro atoms. The van der Waals surface area contributed by atoms with E-state index in [-0.39, 0.29) is 105 Å². The lowest BCUT2D eigenvalue weighted by atomic mass is 9.92. The van der Waals surface area contributed by atoms with Crippen molar-refractivity contribution in [1.29, 1.82) is 0 Å². The Labute approximate surface area is 430 Å². The first kappa shape index (κ1) is 58.8. The van der Waals surface area contributed by atoms with Crippen molar-refractivity contribution in [2.24, 2.45) is 0 Å². The number of methoxy groups -OCH3 is 2. The molecule has 3 heterocycles. The van der Waals surface area contributed by atoms with Gasteiger partial charge in [0.05, 0.1) is 76.7 Å². The Morgan fingerprint density at radius 3 is 2.16 bits per heavy atom. The minimum absolute atomic E-state index is 0.0120. The average Bonchev–Trinajstić information content (AvgIpc) is 3.73. The molecular formula is C47H61BN4O23. The maximum absolute atomic E-state index is 14.4. The highest BCUT2D eigenvalue weighted by molar-refractivity contribution is 6.44. The van der Waals surface area contributed by atoms with Crippen molar-refractivity contribution < 1.29 is 111 Å². The summed E-state index contributed by atoms with van der Waals surface area (Å²) in [4.78, 5) is 111. The maximum Gasteiger partial charge on any atom is 0.416 e. The van der Waals surface area contributed by atoms with Crippen LogP contribution in [0, 0.1) is 0 Å². The number of hydrogen-bond acceptors (Lipinski definition) is 23. The normalized spacial score (nSPS) is 20.8. The first-order chi connectivity index (χ1) is 35.7. The Morgan fingerprint density at radius 2 is 1.51 bits per heavy atom. The van der Waals surface area contributed by atoms with Gasteiger partial charge in [-0.25, -0.2) is 19.9 Å². The summed E-state index contributed by atoms with van der Waals surface area (Å²) in [7, 11) is 1.47. The molecule has 5 N–H and O–H groups in total. The average molecular weight is 1060 g/mol. The van der Waals surface area contributed by atoms with E-state index in [2.05, 4.69) is 10.7 Å². The number of rotatable bonds is 26. The number of aliphatic hydroxyl groups excluding tert-OH is 1. The van der Waals surface area contributed by atoms with Crippen LogP contribution in [0.3, 0.4) is 0 Å². The third kappa shape index (κ3) is 16.2. The predicted octanol–water partition coefficient (Wildman–Crippen LogP) is 0.999.